The van der Waals surface area contributed by atoms with E-state index in [0.717, 1.165) is 11.4 Å². The Kier molecular flexibility index (Phi) is 3.85. The van der Waals surface area contributed by atoms with Crippen LogP contribution in [0.25, 0.3) is 0 Å². The fourth-order valence-electron chi connectivity index (χ4n) is 2.36. The number of halogens is 1. The number of nitrogens with zero attached hydrogens (tertiary/aromatic N) is 2. The molecule has 0 spiro atoms. The van der Waals surface area contributed by atoms with Gasteiger partial charge in [-0.15, -0.1) is 0 Å². The Hall–Kier alpha value is -1.61. The van der Waals surface area contributed by atoms with Crippen LogP contribution >= 0.6 is 20.1 Å². The lowest BCUT2D eigenvalue weighted by Crippen LogP contribution is -2.37. The first-order valence-corrected chi connectivity index (χ1v) is 7.94. The number of benzene rings is 2. The summed E-state index contributed by atoms with van der Waals surface area (Å²) in [5.74, 6) is -0.0565. The summed E-state index contributed by atoms with van der Waals surface area (Å²) in [5, 5.41) is 0.638. The first-order chi connectivity index (χ1) is 10.1. The largest absolute Gasteiger partial charge is 0.326 e. The summed E-state index contributed by atoms with van der Waals surface area (Å²) >= 11 is 5.93. The Balaban J connectivity index is 2.11. The molecule has 3 rings (SSSR count). The highest BCUT2D eigenvalue weighted by molar-refractivity contribution is 7.57. The van der Waals surface area contributed by atoms with Gasteiger partial charge in [-0.3, -0.25) is 4.79 Å². The molecule has 1 amide bonds. The van der Waals surface area contributed by atoms with E-state index >= 15 is 0 Å². The van der Waals surface area contributed by atoms with E-state index in [1.54, 1.807) is 23.9 Å². The topological polar surface area (TPSA) is 32.8 Å². The molecular weight excluding hydrogens is 307 g/mol. The third kappa shape index (κ3) is 2.40. The minimum absolute atomic E-state index is 0.0565. The highest BCUT2D eigenvalue weighted by atomic mass is 35.5. The van der Waals surface area contributed by atoms with E-state index in [1.165, 1.54) is 0 Å². The van der Waals surface area contributed by atoms with Crippen LogP contribution in [0.3, 0.4) is 0 Å². The van der Waals surface area contributed by atoms with Gasteiger partial charge in [-0.1, -0.05) is 23.7 Å². The normalized spacial score (nSPS) is 17.9. The Labute approximate surface area is 129 Å². The molecule has 108 valence electrons. The molecule has 1 atom stereocenters. The molecule has 4 nitrogen and oxygen atoms in total. The van der Waals surface area contributed by atoms with E-state index in [9.17, 15) is 4.79 Å². The van der Waals surface area contributed by atoms with Gasteiger partial charge in [0.15, 0.2) is 0 Å². The average molecular weight is 321 g/mol. The molecule has 1 unspecified atom stereocenters. The van der Waals surface area contributed by atoms with Crippen LogP contribution in [0.4, 0.5) is 11.4 Å². The van der Waals surface area contributed by atoms with Crippen molar-refractivity contribution < 1.29 is 9.32 Å². The molecule has 0 saturated carbocycles. The van der Waals surface area contributed by atoms with Crippen molar-refractivity contribution in [3.63, 3.8) is 0 Å². The van der Waals surface area contributed by atoms with Gasteiger partial charge in [0.2, 0.25) is 0 Å². The molecule has 0 bridgehead atoms. The Morgan fingerprint density at radius 2 is 1.76 bits per heavy atom. The predicted octanol–water partition coefficient (Wildman–Crippen LogP) is 4.31. The Bertz CT molecular complexity index is 678. The summed E-state index contributed by atoms with van der Waals surface area (Å²) in [4.78, 5) is 12.8. The predicted molar refractivity (Wildman–Crippen MR) is 87.0 cm³/mol. The number of para-hydroxylation sites is 1. The minimum Gasteiger partial charge on any atom is -0.326 e. The molecule has 0 fully saturated rings. The third-order valence-corrected chi connectivity index (χ3v) is 5.40. The standard InChI is InChI=1S/C15H14ClN2O2P/c1-17-14-6-4-3-5-13(14)15(19)18(21(17)20-2)12-9-7-11(16)8-10-12/h3-10H,1-2H3. The lowest BCUT2D eigenvalue weighted by atomic mass is 10.1. The van der Waals surface area contributed by atoms with Gasteiger partial charge in [0.25, 0.3) is 14.4 Å². The molecule has 0 radical (unpaired) electrons. The number of fused-ring (bicyclic) bond motifs is 1. The van der Waals surface area contributed by atoms with E-state index in [1.807, 2.05) is 48.1 Å². The minimum atomic E-state index is -1.23. The van der Waals surface area contributed by atoms with Crippen molar-refractivity contribution in [3.8, 4) is 0 Å². The monoisotopic (exact) mass is 320 g/mol. The van der Waals surface area contributed by atoms with Gasteiger partial charge in [0.05, 0.1) is 16.9 Å². The van der Waals surface area contributed by atoms with E-state index in [4.69, 9.17) is 16.1 Å². The van der Waals surface area contributed by atoms with E-state index in [2.05, 4.69) is 0 Å². The number of anilines is 2. The van der Waals surface area contributed by atoms with Gasteiger partial charge in [0, 0.05) is 19.2 Å². The number of hydrogen-bond acceptors (Lipinski definition) is 3. The quantitative estimate of drug-likeness (QED) is 0.773. The van der Waals surface area contributed by atoms with E-state index < -0.39 is 8.45 Å². The highest BCUT2D eigenvalue weighted by Gasteiger charge is 2.38. The van der Waals surface area contributed by atoms with Crippen LogP contribution in [0.15, 0.2) is 48.5 Å². The summed E-state index contributed by atoms with van der Waals surface area (Å²) < 4.78 is 9.28. The lowest BCUT2D eigenvalue weighted by Gasteiger charge is -2.40. The maximum absolute atomic E-state index is 12.8. The van der Waals surface area contributed by atoms with Crippen molar-refractivity contribution in [2.75, 3.05) is 23.5 Å². The highest BCUT2D eigenvalue weighted by Crippen LogP contribution is 2.53. The summed E-state index contributed by atoms with van der Waals surface area (Å²) in [5.41, 5.74) is 2.34. The van der Waals surface area contributed by atoms with Gasteiger partial charge < -0.3 is 9.19 Å². The molecule has 1 aliphatic rings. The van der Waals surface area contributed by atoms with Crippen LogP contribution in [-0.2, 0) is 4.52 Å². The van der Waals surface area contributed by atoms with Crippen molar-refractivity contribution in [1.82, 2.24) is 0 Å². The van der Waals surface area contributed by atoms with Crippen molar-refractivity contribution in [2.45, 2.75) is 0 Å². The second-order valence-electron chi connectivity index (χ2n) is 4.57. The maximum atomic E-state index is 12.8. The van der Waals surface area contributed by atoms with E-state index in [-0.39, 0.29) is 5.91 Å². The molecule has 0 aromatic heterocycles. The molecular formula is C15H14ClN2O2P. The first-order valence-electron chi connectivity index (χ1n) is 6.40. The number of carbonyl (C=O) groups excluding carboxylic acids is 1. The molecule has 0 N–H and O–H groups in total. The second kappa shape index (κ2) is 5.64. The number of rotatable bonds is 2. The van der Waals surface area contributed by atoms with Crippen molar-refractivity contribution in [2.24, 2.45) is 0 Å². The molecule has 1 heterocycles. The molecule has 21 heavy (non-hydrogen) atoms. The summed E-state index contributed by atoms with van der Waals surface area (Å²) in [6, 6.07) is 14.8. The zero-order valence-corrected chi connectivity index (χ0v) is 13.3. The van der Waals surface area contributed by atoms with Gasteiger partial charge >= 0.3 is 0 Å². The fourth-order valence-corrected chi connectivity index (χ4v) is 4.11. The van der Waals surface area contributed by atoms with Crippen molar-refractivity contribution in [3.05, 3.63) is 59.1 Å². The van der Waals surface area contributed by atoms with Crippen molar-refractivity contribution in [1.29, 1.82) is 0 Å². The first kappa shape index (κ1) is 14.3. The molecule has 0 aliphatic carbocycles. The second-order valence-corrected chi connectivity index (χ2v) is 6.88. The molecule has 2 aromatic rings. The molecule has 2 aromatic carbocycles. The van der Waals surface area contributed by atoms with Crippen LogP contribution in [-0.4, -0.2) is 20.1 Å². The Morgan fingerprint density at radius 3 is 2.43 bits per heavy atom. The van der Waals surface area contributed by atoms with Crippen LogP contribution in [0.1, 0.15) is 10.4 Å². The molecule has 6 heteroatoms. The SMILES string of the molecule is COP1N(C)c2ccccc2C(=O)N1c1ccc(Cl)cc1. The average Bonchev–Trinajstić information content (AvgIpc) is 2.52. The van der Waals surface area contributed by atoms with Gasteiger partial charge in [0.1, 0.15) is 0 Å². The summed E-state index contributed by atoms with van der Waals surface area (Å²) in [7, 11) is 2.32. The van der Waals surface area contributed by atoms with Crippen LogP contribution in [0.5, 0.6) is 0 Å². The van der Waals surface area contributed by atoms with Crippen LogP contribution in [0.2, 0.25) is 5.02 Å². The van der Waals surface area contributed by atoms with E-state index in [0.29, 0.717) is 10.6 Å². The zero-order valence-electron chi connectivity index (χ0n) is 11.7. The lowest BCUT2D eigenvalue weighted by molar-refractivity contribution is 0.100. The van der Waals surface area contributed by atoms with Crippen LogP contribution < -0.4 is 9.34 Å². The van der Waals surface area contributed by atoms with Crippen molar-refractivity contribution >= 4 is 37.3 Å². The number of hydrogen-bond donors (Lipinski definition) is 0. The van der Waals surface area contributed by atoms with Crippen LogP contribution in [0, 0.1) is 0 Å². The van der Waals surface area contributed by atoms with Gasteiger partial charge in [-0.25, -0.2) is 4.67 Å². The van der Waals surface area contributed by atoms with Gasteiger partial charge in [-0.05, 0) is 36.4 Å². The third-order valence-electron chi connectivity index (χ3n) is 3.34. The summed E-state index contributed by atoms with van der Waals surface area (Å²) in [6.07, 6.45) is 0. The maximum Gasteiger partial charge on any atom is 0.266 e. The summed E-state index contributed by atoms with van der Waals surface area (Å²) in [6.45, 7) is 0. The Morgan fingerprint density at radius 1 is 1.10 bits per heavy atom. The van der Waals surface area contributed by atoms with Gasteiger partial charge in [-0.2, -0.15) is 0 Å². The number of carbonyl (C=O) groups is 1. The fraction of sp³-hybridized carbons (Fsp3) is 0.133. The molecule has 1 aliphatic heterocycles. The number of amides is 1. The zero-order chi connectivity index (χ0) is 15.0. The smallest absolute Gasteiger partial charge is 0.266 e. The molecule has 0 saturated heterocycles.